The van der Waals surface area contributed by atoms with Crippen LogP contribution in [0.25, 0.3) is 19.4 Å². The number of aromatic nitrogens is 4. The van der Waals surface area contributed by atoms with Crippen LogP contribution in [0.3, 0.4) is 0 Å². The number of anilines is 3. The average molecular weight is 620 g/mol. The van der Waals surface area contributed by atoms with Crippen molar-refractivity contribution in [3.63, 3.8) is 0 Å². The van der Waals surface area contributed by atoms with Crippen LogP contribution in [0, 0.1) is 26.3 Å². The molecular weight excluding hydrogens is 599 g/mol. The molecule has 210 valence electrons. The fourth-order valence-corrected chi connectivity index (χ4v) is 3.19. The first-order valence-corrected chi connectivity index (χ1v) is 13.0. The summed E-state index contributed by atoms with van der Waals surface area (Å²) in [6.07, 6.45) is 2.56. The molecule has 1 aliphatic rings. The monoisotopic (exact) mass is 618 g/mol. The molecule has 3 N–H and O–H groups in total. The van der Waals surface area contributed by atoms with Gasteiger partial charge in [-0.1, -0.05) is 62.7 Å². The Hall–Kier alpha value is -5.01. The summed E-state index contributed by atoms with van der Waals surface area (Å²) in [7, 11) is 0. The zero-order valence-electron chi connectivity index (χ0n) is 21.8. The predicted molar refractivity (Wildman–Crippen MR) is 165 cm³/mol. The van der Waals surface area contributed by atoms with E-state index in [2.05, 4.69) is 44.6 Å². The second-order valence-electron chi connectivity index (χ2n) is 7.63. The summed E-state index contributed by atoms with van der Waals surface area (Å²) < 4.78 is 4.94. The molecule has 1 saturated heterocycles. The van der Waals surface area contributed by atoms with Gasteiger partial charge in [-0.3, -0.25) is 0 Å². The molecule has 0 unspecified atom stereocenters. The second kappa shape index (κ2) is 18.4. The molecular formula is C28H21Cl3N10O. The highest BCUT2D eigenvalue weighted by atomic mass is 35.5. The number of hydrogen-bond acceptors (Lipinski definition) is 7. The number of nitrogen functional groups attached to an aromatic ring is 1. The Morgan fingerprint density at radius 3 is 1.38 bits per heavy atom. The topological polar surface area (TPSA) is 116 Å². The maximum absolute atomic E-state index is 6.94. The van der Waals surface area contributed by atoms with E-state index in [1.165, 1.54) is 12.8 Å². The normalized spacial score (nSPS) is 10.7. The molecule has 5 rings (SSSR count). The lowest BCUT2D eigenvalue weighted by atomic mass is 10.3. The van der Waals surface area contributed by atoms with Gasteiger partial charge in [-0.25, -0.2) is 0 Å². The van der Waals surface area contributed by atoms with E-state index in [4.69, 9.17) is 71.6 Å². The molecule has 2 aromatic heterocycles. The molecule has 0 amide bonds. The van der Waals surface area contributed by atoms with Gasteiger partial charge in [0, 0.05) is 24.6 Å². The van der Waals surface area contributed by atoms with Crippen LogP contribution in [0.4, 0.5) is 40.5 Å². The van der Waals surface area contributed by atoms with E-state index in [1.54, 1.807) is 0 Å². The molecule has 3 heterocycles. The van der Waals surface area contributed by atoms with Crippen molar-refractivity contribution >= 4 is 75.3 Å². The molecule has 0 aliphatic carbocycles. The second-order valence-corrected chi connectivity index (χ2v) is 8.71. The van der Waals surface area contributed by atoms with Crippen molar-refractivity contribution in [3.05, 3.63) is 122 Å². The summed E-state index contributed by atoms with van der Waals surface area (Å²) in [6, 6.07) is 18.7. The third-order valence-corrected chi connectivity index (χ3v) is 5.57. The minimum Gasteiger partial charge on any atom is -0.399 e. The average Bonchev–Trinajstić information content (AvgIpc) is 3.61. The first-order chi connectivity index (χ1) is 20.3. The first kappa shape index (κ1) is 33.2. The molecule has 0 bridgehead atoms. The molecule has 0 atom stereocenters. The Balaban J connectivity index is 0.000000219. The number of ether oxygens (including phenoxy) is 1. The fourth-order valence-electron chi connectivity index (χ4n) is 2.78. The predicted octanol–water partition coefficient (Wildman–Crippen LogP) is 8.93. The molecule has 1 fully saturated rings. The zero-order valence-corrected chi connectivity index (χ0v) is 24.1. The number of nitrogens with zero attached hydrogens (tertiary/aromatic N) is 8. The van der Waals surface area contributed by atoms with Gasteiger partial charge in [-0.15, -0.1) is 19.9 Å². The summed E-state index contributed by atoms with van der Waals surface area (Å²) in [5, 5.41) is 2.89. The van der Waals surface area contributed by atoms with E-state index >= 15 is 0 Å². The number of hydrogen-bond donors (Lipinski definition) is 2. The number of nitrogens with two attached hydrogens (primary N) is 1. The van der Waals surface area contributed by atoms with E-state index in [9.17, 15) is 0 Å². The Labute approximate surface area is 258 Å². The van der Waals surface area contributed by atoms with Gasteiger partial charge < -0.3 is 35.2 Å². The lowest BCUT2D eigenvalue weighted by Crippen LogP contribution is -1.96. The summed E-state index contributed by atoms with van der Waals surface area (Å²) >= 11 is 16.8. The minimum absolute atomic E-state index is 0.0601. The van der Waals surface area contributed by atoms with E-state index in [1.807, 2.05) is 60.7 Å². The van der Waals surface area contributed by atoms with Crippen molar-refractivity contribution in [2.75, 3.05) is 24.3 Å². The number of benzene rings is 2. The van der Waals surface area contributed by atoms with Gasteiger partial charge in [0.05, 0.1) is 0 Å². The molecule has 4 aromatic rings. The standard InChI is InChI=1S/C12H6ClN5.C6Cl2N4.C6H7N.C4H8O/c1-14-11-12(15-2)18-10(9(13)17-11)16-8-6-4-3-5-7-8;1-9-5-6(10-2)12-4(8)3(7)11-5;7-6-4-2-1-3-5-6;1-2-4-5-3-1/h3-7H,(H,16,18);;1-5H,7H2;1-4H2. The molecule has 11 nitrogen and oxygen atoms in total. The maximum atomic E-state index is 6.94. The van der Waals surface area contributed by atoms with Gasteiger partial charge >= 0.3 is 0 Å². The summed E-state index contributed by atoms with van der Waals surface area (Å²) in [5.74, 6) is -0.137. The summed E-state index contributed by atoms with van der Waals surface area (Å²) in [5.41, 5.74) is 6.96. The Bertz CT molecular complexity index is 1580. The van der Waals surface area contributed by atoms with Gasteiger partial charge in [0.25, 0.3) is 44.5 Å². The Morgan fingerprint density at radius 2 is 1.02 bits per heavy atom. The van der Waals surface area contributed by atoms with E-state index in [-0.39, 0.29) is 44.5 Å². The molecule has 0 radical (unpaired) electrons. The van der Waals surface area contributed by atoms with Crippen molar-refractivity contribution in [1.29, 1.82) is 0 Å². The fraction of sp³-hybridized carbons (Fsp3) is 0.143. The highest BCUT2D eigenvalue weighted by Crippen LogP contribution is 2.31. The molecule has 0 saturated carbocycles. The first-order valence-electron chi connectivity index (χ1n) is 11.8. The SMILES string of the molecule is C1CCOC1.Nc1ccccc1.[C-]#[N+]c1nc(Cl)c(Cl)nc1[N+]#[C-].[C-]#[N+]c1nc(Cl)c(Nc2ccccc2)nc1[N+]#[C-]. The van der Waals surface area contributed by atoms with Gasteiger partial charge in [0.1, 0.15) is 0 Å². The maximum Gasteiger partial charge on any atom is 0.295 e. The summed E-state index contributed by atoms with van der Waals surface area (Å²) in [4.78, 5) is 27.1. The van der Waals surface area contributed by atoms with E-state index in [0.29, 0.717) is 0 Å². The lowest BCUT2D eigenvalue weighted by molar-refractivity contribution is 0.198. The Morgan fingerprint density at radius 1 is 0.619 bits per heavy atom. The van der Waals surface area contributed by atoms with Crippen LogP contribution in [0.5, 0.6) is 0 Å². The molecule has 42 heavy (non-hydrogen) atoms. The van der Waals surface area contributed by atoms with Crippen LogP contribution in [0.1, 0.15) is 12.8 Å². The van der Waals surface area contributed by atoms with Gasteiger partial charge in [0.2, 0.25) is 0 Å². The van der Waals surface area contributed by atoms with Crippen molar-refractivity contribution in [2.24, 2.45) is 0 Å². The zero-order chi connectivity index (χ0) is 30.7. The van der Waals surface area contributed by atoms with Crippen LogP contribution < -0.4 is 11.1 Å². The molecule has 0 spiro atoms. The molecule has 2 aromatic carbocycles. The van der Waals surface area contributed by atoms with Crippen molar-refractivity contribution in [3.8, 4) is 0 Å². The van der Waals surface area contributed by atoms with Gasteiger partial charge in [-0.05, 0) is 71.9 Å². The minimum atomic E-state index is -0.126. The lowest BCUT2D eigenvalue weighted by Gasteiger charge is -2.03. The van der Waals surface area contributed by atoms with E-state index < -0.39 is 0 Å². The van der Waals surface area contributed by atoms with Crippen LogP contribution in [0.2, 0.25) is 15.5 Å². The van der Waals surface area contributed by atoms with Crippen molar-refractivity contribution in [1.82, 2.24) is 19.9 Å². The van der Waals surface area contributed by atoms with Crippen molar-refractivity contribution < 1.29 is 4.74 Å². The van der Waals surface area contributed by atoms with Gasteiger partial charge in [-0.2, -0.15) is 0 Å². The van der Waals surface area contributed by atoms with Crippen LogP contribution in [0.15, 0.2) is 60.7 Å². The van der Waals surface area contributed by atoms with Crippen LogP contribution >= 0.6 is 34.8 Å². The largest absolute Gasteiger partial charge is 0.399 e. The Kier molecular flexibility index (Phi) is 14.5. The van der Waals surface area contributed by atoms with Crippen molar-refractivity contribution in [2.45, 2.75) is 12.8 Å². The van der Waals surface area contributed by atoms with Gasteiger partial charge in [0.15, 0.2) is 0 Å². The van der Waals surface area contributed by atoms with Crippen LogP contribution in [-0.4, -0.2) is 33.1 Å². The number of halogens is 3. The molecule has 1 aliphatic heterocycles. The smallest absolute Gasteiger partial charge is 0.295 e. The number of rotatable bonds is 2. The third kappa shape index (κ3) is 11.2. The van der Waals surface area contributed by atoms with E-state index in [0.717, 1.165) is 24.6 Å². The summed E-state index contributed by atoms with van der Waals surface area (Å²) in [6.45, 7) is 29.1. The highest BCUT2D eigenvalue weighted by molar-refractivity contribution is 6.40. The third-order valence-electron chi connectivity index (χ3n) is 4.68. The quantitative estimate of drug-likeness (QED) is 0.170. The number of nitrogens with one attached hydrogen (secondary N) is 1. The molecule has 14 heteroatoms. The number of para-hydroxylation sites is 2. The highest BCUT2D eigenvalue weighted by Gasteiger charge is 2.18. The van der Waals surface area contributed by atoms with Crippen LogP contribution in [-0.2, 0) is 4.74 Å².